The molecule has 0 N–H and O–H groups in total. The minimum absolute atomic E-state index is 0.0566. The van der Waals surface area contributed by atoms with Crippen LogP contribution in [0.4, 0.5) is 0 Å². The second-order valence-electron chi connectivity index (χ2n) is 3.97. The summed E-state index contributed by atoms with van der Waals surface area (Å²) in [6.07, 6.45) is 0. The maximum absolute atomic E-state index is 12.2. The van der Waals surface area contributed by atoms with Crippen molar-refractivity contribution in [1.82, 2.24) is 0 Å². The number of halogens is 1. The summed E-state index contributed by atoms with van der Waals surface area (Å²) in [5.41, 5.74) is 0.969. The van der Waals surface area contributed by atoms with E-state index in [4.69, 9.17) is 0 Å². The number of hydrogen-bond donors (Lipinski definition) is 0. The second-order valence-corrected chi connectivity index (χ2v) is 7.11. The first-order valence-corrected chi connectivity index (χ1v) is 8.13. The van der Waals surface area contributed by atoms with Crippen LogP contribution in [0.5, 0.6) is 0 Å². The fourth-order valence-corrected chi connectivity index (χ4v) is 4.37. The average Bonchev–Trinajstić information content (AvgIpc) is 2.40. The lowest BCUT2D eigenvalue weighted by Crippen LogP contribution is -2.11. The predicted octanol–water partition coefficient (Wildman–Crippen LogP) is 3.60. The molecule has 2 aromatic rings. The monoisotopic (exact) mass is 324 g/mol. The molecule has 0 saturated carbocycles. The summed E-state index contributed by atoms with van der Waals surface area (Å²) in [6, 6.07) is 18.1. The topological polar surface area (TPSA) is 34.1 Å². The van der Waals surface area contributed by atoms with E-state index in [1.165, 1.54) is 0 Å². The SMILES string of the molecule is O=S(=O)(CC(Br)c1ccccc1)c1ccccc1. The molecule has 0 fully saturated rings. The number of rotatable bonds is 4. The summed E-state index contributed by atoms with van der Waals surface area (Å²) in [5, 5.41) is 0. The van der Waals surface area contributed by atoms with Gasteiger partial charge in [-0.25, -0.2) is 8.42 Å². The molecular weight excluding hydrogens is 312 g/mol. The van der Waals surface area contributed by atoms with E-state index in [9.17, 15) is 8.42 Å². The lowest BCUT2D eigenvalue weighted by Gasteiger charge is -2.10. The zero-order chi connectivity index (χ0) is 13.0. The Morgan fingerprint density at radius 1 is 0.889 bits per heavy atom. The minimum atomic E-state index is -3.25. The van der Waals surface area contributed by atoms with Crippen molar-refractivity contribution in [2.24, 2.45) is 0 Å². The molecule has 0 bridgehead atoms. The van der Waals surface area contributed by atoms with Crippen molar-refractivity contribution in [3.63, 3.8) is 0 Å². The Morgan fingerprint density at radius 3 is 1.94 bits per heavy atom. The second kappa shape index (κ2) is 5.67. The fraction of sp³-hybridized carbons (Fsp3) is 0.143. The number of alkyl halides is 1. The molecule has 0 heterocycles. The molecule has 2 aromatic carbocycles. The van der Waals surface area contributed by atoms with E-state index >= 15 is 0 Å². The van der Waals surface area contributed by atoms with E-state index in [2.05, 4.69) is 15.9 Å². The predicted molar refractivity (Wildman–Crippen MR) is 76.6 cm³/mol. The first kappa shape index (κ1) is 13.3. The molecular formula is C14H13BrO2S. The average molecular weight is 325 g/mol. The highest BCUT2D eigenvalue weighted by atomic mass is 79.9. The van der Waals surface area contributed by atoms with E-state index in [-0.39, 0.29) is 10.6 Å². The molecule has 94 valence electrons. The van der Waals surface area contributed by atoms with Gasteiger partial charge in [0.2, 0.25) is 0 Å². The van der Waals surface area contributed by atoms with Gasteiger partial charge in [0.05, 0.1) is 15.5 Å². The third-order valence-corrected chi connectivity index (χ3v) is 5.67. The molecule has 0 amide bonds. The Bertz CT molecular complexity index is 594. The van der Waals surface area contributed by atoms with Crippen LogP contribution in [0, 0.1) is 0 Å². The molecule has 0 radical (unpaired) electrons. The summed E-state index contributed by atoms with van der Waals surface area (Å²) in [7, 11) is -3.25. The van der Waals surface area contributed by atoms with Crippen LogP contribution < -0.4 is 0 Å². The van der Waals surface area contributed by atoms with Crippen LogP contribution in [0.25, 0.3) is 0 Å². The Morgan fingerprint density at radius 2 is 1.39 bits per heavy atom. The maximum atomic E-state index is 12.2. The van der Waals surface area contributed by atoms with Crippen molar-refractivity contribution in [3.05, 3.63) is 66.2 Å². The summed E-state index contributed by atoms with van der Waals surface area (Å²) in [5.74, 6) is 0.0566. The van der Waals surface area contributed by atoms with Crippen LogP contribution in [0.2, 0.25) is 0 Å². The number of hydrogen-bond acceptors (Lipinski definition) is 2. The van der Waals surface area contributed by atoms with Gasteiger partial charge in [-0.3, -0.25) is 0 Å². The van der Waals surface area contributed by atoms with E-state index < -0.39 is 9.84 Å². The lowest BCUT2D eigenvalue weighted by atomic mass is 10.2. The summed E-state index contributed by atoms with van der Waals surface area (Å²) in [4.78, 5) is 0.175. The van der Waals surface area contributed by atoms with Crippen molar-refractivity contribution in [2.75, 3.05) is 5.75 Å². The molecule has 18 heavy (non-hydrogen) atoms. The summed E-state index contributed by atoms with van der Waals surface area (Å²) < 4.78 is 24.4. The Hall–Kier alpha value is -1.13. The maximum Gasteiger partial charge on any atom is 0.179 e. The third-order valence-electron chi connectivity index (χ3n) is 2.63. The van der Waals surface area contributed by atoms with Crippen LogP contribution in [-0.4, -0.2) is 14.2 Å². The highest BCUT2D eigenvalue weighted by molar-refractivity contribution is 9.09. The molecule has 0 aliphatic heterocycles. The van der Waals surface area contributed by atoms with Crippen molar-refractivity contribution in [3.8, 4) is 0 Å². The van der Waals surface area contributed by atoms with Crippen molar-refractivity contribution in [1.29, 1.82) is 0 Å². The van der Waals surface area contributed by atoms with Crippen LogP contribution in [0.15, 0.2) is 65.6 Å². The van der Waals surface area contributed by atoms with Gasteiger partial charge in [0.1, 0.15) is 0 Å². The van der Waals surface area contributed by atoms with Gasteiger partial charge in [-0.1, -0.05) is 64.5 Å². The zero-order valence-electron chi connectivity index (χ0n) is 9.66. The van der Waals surface area contributed by atoms with Crippen LogP contribution >= 0.6 is 15.9 Å². The van der Waals surface area contributed by atoms with Crippen LogP contribution in [-0.2, 0) is 9.84 Å². The summed E-state index contributed by atoms with van der Waals surface area (Å²) in [6.45, 7) is 0. The van der Waals surface area contributed by atoms with E-state index in [0.29, 0.717) is 4.90 Å². The normalized spacial score (nSPS) is 13.2. The molecule has 1 unspecified atom stereocenters. The zero-order valence-corrected chi connectivity index (χ0v) is 12.1. The van der Waals surface area contributed by atoms with Gasteiger partial charge < -0.3 is 0 Å². The molecule has 1 atom stereocenters. The van der Waals surface area contributed by atoms with Crippen molar-refractivity contribution < 1.29 is 8.42 Å². The third kappa shape index (κ3) is 3.21. The van der Waals surface area contributed by atoms with Crippen LogP contribution in [0.1, 0.15) is 10.4 Å². The van der Waals surface area contributed by atoms with Gasteiger partial charge in [-0.15, -0.1) is 0 Å². The standard InChI is InChI=1S/C14H13BrO2S/c15-14(12-7-3-1-4-8-12)11-18(16,17)13-9-5-2-6-10-13/h1-10,14H,11H2. The highest BCUT2D eigenvalue weighted by Gasteiger charge is 2.20. The van der Waals surface area contributed by atoms with Gasteiger partial charge in [0.15, 0.2) is 9.84 Å². The molecule has 0 saturated heterocycles. The van der Waals surface area contributed by atoms with Gasteiger partial charge in [0, 0.05) is 0 Å². The summed E-state index contributed by atoms with van der Waals surface area (Å²) >= 11 is 3.44. The molecule has 0 aromatic heterocycles. The molecule has 2 rings (SSSR count). The first-order valence-electron chi connectivity index (χ1n) is 5.56. The molecule has 0 spiro atoms. The minimum Gasteiger partial charge on any atom is -0.224 e. The Kier molecular flexibility index (Phi) is 4.19. The molecule has 0 aliphatic rings. The highest BCUT2D eigenvalue weighted by Crippen LogP contribution is 2.26. The van der Waals surface area contributed by atoms with Crippen molar-refractivity contribution in [2.45, 2.75) is 9.72 Å². The lowest BCUT2D eigenvalue weighted by molar-refractivity contribution is 0.595. The van der Waals surface area contributed by atoms with Gasteiger partial charge in [-0.2, -0.15) is 0 Å². The molecule has 2 nitrogen and oxygen atoms in total. The van der Waals surface area contributed by atoms with Crippen LogP contribution in [0.3, 0.4) is 0 Å². The molecule has 0 aliphatic carbocycles. The fourth-order valence-electron chi connectivity index (χ4n) is 1.67. The number of benzene rings is 2. The van der Waals surface area contributed by atoms with Gasteiger partial charge in [0.25, 0.3) is 0 Å². The Labute approximate surface area is 116 Å². The van der Waals surface area contributed by atoms with Gasteiger partial charge >= 0.3 is 0 Å². The van der Waals surface area contributed by atoms with E-state index in [1.54, 1.807) is 24.3 Å². The quantitative estimate of drug-likeness (QED) is 0.805. The Balaban J connectivity index is 2.20. The van der Waals surface area contributed by atoms with E-state index in [1.807, 2.05) is 36.4 Å². The van der Waals surface area contributed by atoms with E-state index in [0.717, 1.165) is 5.56 Å². The number of sulfone groups is 1. The van der Waals surface area contributed by atoms with Crippen molar-refractivity contribution >= 4 is 25.8 Å². The largest absolute Gasteiger partial charge is 0.224 e. The molecule has 4 heteroatoms. The van der Waals surface area contributed by atoms with Gasteiger partial charge in [-0.05, 0) is 17.7 Å². The first-order chi connectivity index (χ1) is 8.59. The smallest absolute Gasteiger partial charge is 0.179 e.